The minimum absolute atomic E-state index is 0.141. The average Bonchev–Trinajstić information content (AvgIpc) is 2.37. The summed E-state index contributed by atoms with van der Waals surface area (Å²) in [6, 6.07) is 6.25. The number of phenolic OH excluding ortho intramolecular Hbond substituents is 1. The van der Waals surface area contributed by atoms with Gasteiger partial charge in [0.25, 0.3) is 0 Å². The van der Waals surface area contributed by atoms with E-state index in [2.05, 4.69) is 5.32 Å². The van der Waals surface area contributed by atoms with Crippen LogP contribution in [0.3, 0.4) is 0 Å². The Morgan fingerprint density at radius 1 is 1.05 bits per heavy atom. The fourth-order valence-electron chi connectivity index (χ4n) is 1.80. The van der Waals surface area contributed by atoms with Crippen LogP contribution in [-0.2, 0) is 0 Å². The topological polar surface area (TPSA) is 32.3 Å². The highest BCUT2D eigenvalue weighted by Gasteiger charge is 2.15. The van der Waals surface area contributed by atoms with Crippen molar-refractivity contribution in [3.05, 3.63) is 59.4 Å². The molecule has 0 fully saturated rings. The lowest BCUT2D eigenvalue weighted by Gasteiger charge is -2.17. The first-order chi connectivity index (χ1) is 8.99. The third-order valence-corrected chi connectivity index (χ3v) is 2.78. The molecule has 0 radical (unpaired) electrons. The first-order valence-electron chi connectivity index (χ1n) is 5.68. The van der Waals surface area contributed by atoms with Gasteiger partial charge in [0, 0.05) is 5.56 Å². The Labute approximate surface area is 108 Å². The van der Waals surface area contributed by atoms with Gasteiger partial charge in [0.2, 0.25) is 0 Å². The van der Waals surface area contributed by atoms with Crippen molar-refractivity contribution in [3.8, 4) is 5.75 Å². The summed E-state index contributed by atoms with van der Waals surface area (Å²) in [6.07, 6.45) is 0. The van der Waals surface area contributed by atoms with Gasteiger partial charge in [0.1, 0.15) is 28.9 Å². The van der Waals surface area contributed by atoms with Crippen LogP contribution in [0.4, 0.5) is 18.9 Å². The van der Waals surface area contributed by atoms with Crippen LogP contribution in [0, 0.1) is 17.5 Å². The zero-order valence-corrected chi connectivity index (χ0v) is 10.1. The lowest BCUT2D eigenvalue weighted by Crippen LogP contribution is -2.10. The molecule has 2 nitrogen and oxygen atoms in total. The third-order valence-electron chi connectivity index (χ3n) is 2.78. The monoisotopic (exact) mass is 267 g/mol. The van der Waals surface area contributed by atoms with Gasteiger partial charge in [-0.25, -0.2) is 13.2 Å². The van der Waals surface area contributed by atoms with Gasteiger partial charge in [-0.3, -0.25) is 0 Å². The molecule has 0 aliphatic rings. The molecule has 0 bridgehead atoms. The zero-order valence-electron chi connectivity index (χ0n) is 10.1. The highest BCUT2D eigenvalue weighted by Crippen LogP contribution is 2.29. The van der Waals surface area contributed by atoms with Gasteiger partial charge in [-0.05, 0) is 37.3 Å². The highest BCUT2D eigenvalue weighted by molar-refractivity contribution is 5.49. The van der Waals surface area contributed by atoms with Crippen LogP contribution in [0.15, 0.2) is 36.4 Å². The molecule has 1 unspecified atom stereocenters. The molecular weight excluding hydrogens is 255 g/mol. The molecule has 0 saturated heterocycles. The van der Waals surface area contributed by atoms with Gasteiger partial charge in [-0.2, -0.15) is 0 Å². The standard InChI is InChI=1S/C14H12F3NO/c1-8(10-7-9(15)5-6-13(10)19)18-14-11(16)3-2-4-12(14)17/h2-8,18-19H,1H3. The maximum absolute atomic E-state index is 13.5. The zero-order chi connectivity index (χ0) is 14.0. The van der Waals surface area contributed by atoms with Gasteiger partial charge in [-0.1, -0.05) is 6.07 Å². The Balaban J connectivity index is 2.31. The highest BCUT2D eigenvalue weighted by atomic mass is 19.1. The van der Waals surface area contributed by atoms with Crippen molar-refractivity contribution in [1.82, 2.24) is 0 Å². The fraction of sp³-hybridized carbons (Fsp3) is 0.143. The minimum atomic E-state index is -0.747. The Hall–Kier alpha value is -2.17. The number of aromatic hydroxyl groups is 1. The summed E-state index contributed by atoms with van der Waals surface area (Å²) in [5.41, 5.74) is -0.0821. The number of hydrogen-bond acceptors (Lipinski definition) is 2. The fourth-order valence-corrected chi connectivity index (χ4v) is 1.80. The van der Waals surface area contributed by atoms with Gasteiger partial charge in [0.05, 0.1) is 6.04 Å². The number of halogens is 3. The van der Waals surface area contributed by atoms with Gasteiger partial charge >= 0.3 is 0 Å². The molecule has 2 rings (SSSR count). The first-order valence-corrected chi connectivity index (χ1v) is 5.68. The molecule has 0 amide bonds. The summed E-state index contributed by atoms with van der Waals surface area (Å²) < 4.78 is 40.1. The molecular formula is C14H12F3NO. The van der Waals surface area contributed by atoms with Crippen molar-refractivity contribution in [2.75, 3.05) is 5.32 Å². The van der Waals surface area contributed by atoms with E-state index in [9.17, 15) is 18.3 Å². The number of nitrogens with one attached hydrogen (secondary N) is 1. The number of para-hydroxylation sites is 1. The molecule has 0 aliphatic heterocycles. The molecule has 2 N–H and O–H groups in total. The molecule has 1 atom stereocenters. The van der Waals surface area contributed by atoms with E-state index in [1.807, 2.05) is 0 Å². The molecule has 19 heavy (non-hydrogen) atoms. The van der Waals surface area contributed by atoms with Crippen LogP contribution in [0.1, 0.15) is 18.5 Å². The first kappa shape index (κ1) is 13.3. The van der Waals surface area contributed by atoms with Crippen molar-refractivity contribution in [2.45, 2.75) is 13.0 Å². The Kier molecular flexibility index (Phi) is 3.64. The van der Waals surface area contributed by atoms with E-state index in [0.717, 1.165) is 24.3 Å². The Morgan fingerprint density at radius 3 is 2.32 bits per heavy atom. The second-order valence-electron chi connectivity index (χ2n) is 4.17. The SMILES string of the molecule is CC(Nc1c(F)cccc1F)c1cc(F)ccc1O. The van der Waals surface area contributed by atoms with Gasteiger partial charge in [-0.15, -0.1) is 0 Å². The summed E-state index contributed by atoms with van der Waals surface area (Å²) in [6.45, 7) is 1.57. The van der Waals surface area contributed by atoms with E-state index in [-0.39, 0.29) is 17.0 Å². The number of phenols is 1. The van der Waals surface area contributed by atoms with Crippen molar-refractivity contribution < 1.29 is 18.3 Å². The summed E-state index contributed by atoms with van der Waals surface area (Å²) in [5, 5.41) is 12.2. The van der Waals surface area contributed by atoms with Crippen LogP contribution in [0.2, 0.25) is 0 Å². The van der Waals surface area contributed by atoms with Crippen LogP contribution in [-0.4, -0.2) is 5.11 Å². The normalized spacial score (nSPS) is 12.2. The second kappa shape index (κ2) is 5.22. The smallest absolute Gasteiger partial charge is 0.149 e. The molecule has 0 spiro atoms. The molecule has 100 valence electrons. The van der Waals surface area contributed by atoms with Crippen LogP contribution < -0.4 is 5.32 Å². The molecule has 5 heteroatoms. The third kappa shape index (κ3) is 2.81. The van der Waals surface area contributed by atoms with E-state index in [1.54, 1.807) is 6.92 Å². The van der Waals surface area contributed by atoms with Crippen molar-refractivity contribution >= 4 is 5.69 Å². The van der Waals surface area contributed by atoms with Crippen molar-refractivity contribution in [3.63, 3.8) is 0 Å². The predicted molar refractivity (Wildman–Crippen MR) is 66.5 cm³/mol. The van der Waals surface area contributed by atoms with E-state index in [1.165, 1.54) is 12.1 Å². The van der Waals surface area contributed by atoms with Gasteiger partial charge in [0.15, 0.2) is 0 Å². The molecule has 0 saturated carbocycles. The maximum Gasteiger partial charge on any atom is 0.149 e. The molecule has 2 aromatic rings. The largest absolute Gasteiger partial charge is 0.508 e. The average molecular weight is 267 g/mol. The van der Waals surface area contributed by atoms with E-state index in [4.69, 9.17) is 0 Å². The van der Waals surface area contributed by atoms with Crippen molar-refractivity contribution in [1.29, 1.82) is 0 Å². The second-order valence-corrected chi connectivity index (χ2v) is 4.17. The summed E-state index contributed by atoms with van der Waals surface area (Å²) >= 11 is 0. The molecule has 0 heterocycles. The predicted octanol–water partition coefficient (Wildman–Crippen LogP) is 3.98. The summed E-state index contributed by atoms with van der Waals surface area (Å²) in [7, 11) is 0. The summed E-state index contributed by atoms with van der Waals surface area (Å²) in [5.74, 6) is -2.17. The minimum Gasteiger partial charge on any atom is -0.508 e. The van der Waals surface area contributed by atoms with E-state index in [0.29, 0.717) is 0 Å². The lowest BCUT2D eigenvalue weighted by atomic mass is 10.1. The van der Waals surface area contributed by atoms with Crippen molar-refractivity contribution in [2.24, 2.45) is 0 Å². The van der Waals surface area contributed by atoms with Gasteiger partial charge < -0.3 is 10.4 Å². The number of benzene rings is 2. The number of hydrogen-bond donors (Lipinski definition) is 2. The summed E-state index contributed by atoms with van der Waals surface area (Å²) in [4.78, 5) is 0. The van der Waals surface area contributed by atoms with Crippen LogP contribution in [0.5, 0.6) is 5.75 Å². The Bertz CT molecular complexity index is 581. The van der Waals surface area contributed by atoms with Crippen LogP contribution in [0.25, 0.3) is 0 Å². The number of rotatable bonds is 3. The maximum atomic E-state index is 13.5. The Morgan fingerprint density at radius 2 is 1.68 bits per heavy atom. The number of anilines is 1. The molecule has 2 aromatic carbocycles. The van der Waals surface area contributed by atoms with E-state index >= 15 is 0 Å². The lowest BCUT2D eigenvalue weighted by molar-refractivity contribution is 0.462. The van der Waals surface area contributed by atoms with E-state index < -0.39 is 23.5 Å². The molecule has 0 aliphatic carbocycles. The quantitative estimate of drug-likeness (QED) is 0.881. The molecule has 0 aromatic heterocycles. The van der Waals surface area contributed by atoms with Crippen LogP contribution >= 0.6 is 0 Å².